The van der Waals surface area contributed by atoms with Crippen LogP contribution in [-0.4, -0.2) is 49.6 Å². The lowest BCUT2D eigenvalue weighted by Crippen LogP contribution is -2.44. The van der Waals surface area contributed by atoms with Gasteiger partial charge in [-0.3, -0.25) is 4.79 Å². The second kappa shape index (κ2) is 7.08. The molecule has 0 bridgehead atoms. The smallest absolute Gasteiger partial charge is 0.337 e. The number of amides is 1. The second-order valence-electron chi connectivity index (χ2n) is 4.92. The minimum absolute atomic E-state index is 0.0177. The Morgan fingerprint density at radius 1 is 1.24 bits per heavy atom. The highest BCUT2D eigenvalue weighted by Gasteiger charge is 2.23. The molecule has 1 aliphatic rings. The van der Waals surface area contributed by atoms with E-state index in [1.807, 2.05) is 0 Å². The normalized spacial score (nSPS) is 15.6. The van der Waals surface area contributed by atoms with Crippen molar-refractivity contribution in [1.82, 2.24) is 4.90 Å². The van der Waals surface area contributed by atoms with Gasteiger partial charge in [0.15, 0.2) is 0 Å². The molecule has 0 unspecified atom stereocenters. The highest BCUT2D eigenvalue weighted by atomic mass is 16.5. The molecule has 21 heavy (non-hydrogen) atoms. The lowest BCUT2D eigenvalue weighted by Gasteiger charge is -2.32. The van der Waals surface area contributed by atoms with E-state index in [1.165, 1.54) is 7.11 Å². The van der Waals surface area contributed by atoms with Gasteiger partial charge in [0.25, 0.3) is 0 Å². The van der Waals surface area contributed by atoms with E-state index in [0.717, 1.165) is 12.8 Å². The van der Waals surface area contributed by atoms with Crippen molar-refractivity contribution in [2.24, 2.45) is 5.73 Å². The molecule has 1 aromatic carbocycles. The summed E-state index contributed by atoms with van der Waals surface area (Å²) in [5, 5.41) is 0. The average Bonchev–Trinajstić information content (AvgIpc) is 2.55. The average molecular weight is 292 g/mol. The van der Waals surface area contributed by atoms with E-state index in [0.29, 0.717) is 24.4 Å². The standard InChI is InChI=1S/C15H20N2O4/c1-20-15(19)11-2-4-12(5-3-11)21-13-6-8-17(9-7-13)14(18)10-16/h2-5,13H,6-10,16H2,1H3. The molecule has 6 heteroatoms. The Kier molecular flexibility index (Phi) is 5.16. The third-order valence-corrected chi connectivity index (χ3v) is 3.55. The highest BCUT2D eigenvalue weighted by molar-refractivity contribution is 5.89. The number of piperidine rings is 1. The number of ether oxygens (including phenoxy) is 2. The summed E-state index contributed by atoms with van der Waals surface area (Å²) < 4.78 is 10.5. The third kappa shape index (κ3) is 3.95. The first-order chi connectivity index (χ1) is 10.1. The fraction of sp³-hybridized carbons (Fsp3) is 0.467. The zero-order valence-electron chi connectivity index (χ0n) is 12.1. The van der Waals surface area contributed by atoms with Gasteiger partial charge in [0, 0.05) is 25.9 Å². The van der Waals surface area contributed by atoms with Crippen LogP contribution < -0.4 is 10.5 Å². The fourth-order valence-corrected chi connectivity index (χ4v) is 2.33. The molecule has 0 saturated carbocycles. The van der Waals surface area contributed by atoms with Crippen molar-refractivity contribution in [2.75, 3.05) is 26.7 Å². The van der Waals surface area contributed by atoms with Crippen molar-refractivity contribution in [3.8, 4) is 5.75 Å². The molecule has 6 nitrogen and oxygen atoms in total. The molecule has 0 aliphatic carbocycles. The topological polar surface area (TPSA) is 81.9 Å². The molecule has 1 fully saturated rings. The number of methoxy groups -OCH3 is 1. The largest absolute Gasteiger partial charge is 0.490 e. The number of carbonyl (C=O) groups is 2. The zero-order valence-corrected chi connectivity index (χ0v) is 12.1. The van der Waals surface area contributed by atoms with Crippen molar-refractivity contribution in [3.63, 3.8) is 0 Å². The summed E-state index contributed by atoms with van der Waals surface area (Å²) in [5.74, 6) is 0.331. The Morgan fingerprint density at radius 3 is 2.38 bits per heavy atom. The van der Waals surface area contributed by atoms with Crippen LogP contribution in [0.15, 0.2) is 24.3 Å². The Bertz CT molecular complexity index is 493. The molecule has 0 aromatic heterocycles. The number of nitrogens with two attached hydrogens (primary N) is 1. The van der Waals surface area contributed by atoms with Crippen molar-refractivity contribution < 1.29 is 19.1 Å². The molecule has 1 amide bonds. The Hall–Kier alpha value is -2.08. The van der Waals surface area contributed by atoms with Gasteiger partial charge >= 0.3 is 5.97 Å². The van der Waals surface area contributed by atoms with Gasteiger partial charge < -0.3 is 20.1 Å². The van der Waals surface area contributed by atoms with Gasteiger partial charge in [-0.25, -0.2) is 4.79 Å². The molecule has 1 heterocycles. The van der Waals surface area contributed by atoms with Crippen LogP contribution in [-0.2, 0) is 9.53 Å². The van der Waals surface area contributed by atoms with E-state index in [9.17, 15) is 9.59 Å². The van der Waals surface area contributed by atoms with E-state index in [4.69, 9.17) is 10.5 Å². The Morgan fingerprint density at radius 2 is 1.86 bits per heavy atom. The molecular weight excluding hydrogens is 272 g/mol. The number of nitrogens with zero attached hydrogens (tertiary/aromatic N) is 1. The monoisotopic (exact) mass is 292 g/mol. The first-order valence-electron chi connectivity index (χ1n) is 6.97. The van der Waals surface area contributed by atoms with E-state index >= 15 is 0 Å². The second-order valence-corrected chi connectivity index (χ2v) is 4.92. The number of hydrogen-bond donors (Lipinski definition) is 1. The van der Waals surface area contributed by atoms with Crippen LogP contribution in [0.25, 0.3) is 0 Å². The summed E-state index contributed by atoms with van der Waals surface area (Å²) >= 11 is 0. The van der Waals surface area contributed by atoms with Crippen LogP contribution in [0.5, 0.6) is 5.75 Å². The predicted octanol–water partition coefficient (Wildman–Crippen LogP) is 0.802. The van der Waals surface area contributed by atoms with Gasteiger partial charge in [-0.15, -0.1) is 0 Å². The summed E-state index contributed by atoms with van der Waals surface area (Å²) in [6, 6.07) is 6.86. The molecule has 0 atom stereocenters. The number of esters is 1. The van der Waals surface area contributed by atoms with Crippen LogP contribution in [0.3, 0.4) is 0 Å². The van der Waals surface area contributed by atoms with Crippen molar-refractivity contribution in [3.05, 3.63) is 29.8 Å². The lowest BCUT2D eigenvalue weighted by atomic mass is 10.1. The number of hydrogen-bond acceptors (Lipinski definition) is 5. The molecule has 1 saturated heterocycles. The van der Waals surface area contributed by atoms with Crippen LogP contribution in [0.4, 0.5) is 0 Å². The Labute approximate surface area is 123 Å². The molecule has 2 rings (SSSR count). The summed E-state index contributed by atoms with van der Waals surface area (Å²) in [6.07, 6.45) is 1.64. The maximum Gasteiger partial charge on any atom is 0.337 e. The fourth-order valence-electron chi connectivity index (χ4n) is 2.33. The molecule has 2 N–H and O–H groups in total. The van der Waals surface area contributed by atoms with Gasteiger partial charge in [-0.2, -0.15) is 0 Å². The van der Waals surface area contributed by atoms with Gasteiger partial charge in [-0.1, -0.05) is 0 Å². The molecule has 0 spiro atoms. The van der Waals surface area contributed by atoms with E-state index in [1.54, 1.807) is 29.2 Å². The minimum Gasteiger partial charge on any atom is -0.490 e. The number of likely N-dealkylation sites (tertiary alicyclic amines) is 1. The van der Waals surface area contributed by atoms with Crippen molar-refractivity contribution in [2.45, 2.75) is 18.9 Å². The first-order valence-corrected chi connectivity index (χ1v) is 6.97. The van der Waals surface area contributed by atoms with Gasteiger partial charge in [0.05, 0.1) is 19.2 Å². The molecular formula is C15H20N2O4. The molecule has 1 aliphatic heterocycles. The van der Waals surface area contributed by atoms with E-state index in [2.05, 4.69) is 4.74 Å². The van der Waals surface area contributed by atoms with Crippen molar-refractivity contribution >= 4 is 11.9 Å². The van der Waals surface area contributed by atoms with Crippen LogP contribution in [0, 0.1) is 0 Å². The SMILES string of the molecule is COC(=O)c1ccc(OC2CCN(C(=O)CN)CC2)cc1. The molecule has 0 radical (unpaired) electrons. The van der Waals surface area contributed by atoms with Crippen LogP contribution in [0.1, 0.15) is 23.2 Å². The number of carbonyl (C=O) groups excluding carboxylic acids is 2. The number of rotatable bonds is 4. The summed E-state index contributed by atoms with van der Waals surface area (Å²) in [4.78, 5) is 24.6. The van der Waals surface area contributed by atoms with Gasteiger partial charge in [-0.05, 0) is 24.3 Å². The zero-order chi connectivity index (χ0) is 15.2. The summed E-state index contributed by atoms with van der Waals surface area (Å²) in [7, 11) is 1.35. The maximum absolute atomic E-state index is 11.5. The Balaban J connectivity index is 1.86. The minimum atomic E-state index is -0.366. The summed E-state index contributed by atoms with van der Waals surface area (Å²) in [5.41, 5.74) is 5.84. The van der Waals surface area contributed by atoms with Crippen LogP contribution in [0.2, 0.25) is 0 Å². The van der Waals surface area contributed by atoms with Gasteiger partial charge in [0.2, 0.25) is 5.91 Å². The maximum atomic E-state index is 11.5. The van der Waals surface area contributed by atoms with Gasteiger partial charge in [0.1, 0.15) is 11.9 Å². The van der Waals surface area contributed by atoms with E-state index < -0.39 is 0 Å². The first kappa shape index (κ1) is 15.3. The third-order valence-electron chi connectivity index (χ3n) is 3.55. The molecule has 114 valence electrons. The summed E-state index contributed by atoms with van der Waals surface area (Å²) in [6.45, 7) is 1.39. The predicted molar refractivity (Wildman–Crippen MR) is 77.1 cm³/mol. The van der Waals surface area contributed by atoms with E-state index in [-0.39, 0.29) is 24.5 Å². The van der Waals surface area contributed by atoms with Crippen LogP contribution >= 0.6 is 0 Å². The molecule has 1 aromatic rings. The highest BCUT2D eigenvalue weighted by Crippen LogP contribution is 2.20. The van der Waals surface area contributed by atoms with Crippen molar-refractivity contribution in [1.29, 1.82) is 0 Å². The number of benzene rings is 1. The quantitative estimate of drug-likeness (QED) is 0.830. The lowest BCUT2D eigenvalue weighted by molar-refractivity contribution is -0.131.